The number of hydrogen-bond acceptors (Lipinski definition) is 4. The molecule has 4 N–H and O–H groups in total. The van der Waals surface area contributed by atoms with Crippen LogP contribution >= 0.6 is 0 Å². The maximum absolute atomic E-state index is 12.0. The van der Waals surface area contributed by atoms with Gasteiger partial charge in [0.1, 0.15) is 6.61 Å². The van der Waals surface area contributed by atoms with Crippen molar-refractivity contribution in [3.63, 3.8) is 0 Å². The fourth-order valence-corrected chi connectivity index (χ4v) is 3.37. The molecule has 0 saturated heterocycles. The standard InChI is InChI=1S/C25H43N3O3/c1-2-3-4-5-6-7-8-9-10-14-19-27-24(29)23(26)18-15-20-28-25(30)31-21-22-16-12-11-13-17-22/h11-13,16-17,23H,2-10,14-15,18-21,26H2,1H3,(H,27,29)(H,28,30). The Bertz CT molecular complexity index is 581. The summed E-state index contributed by atoms with van der Waals surface area (Å²) in [4.78, 5) is 23.7. The molecule has 0 aromatic heterocycles. The predicted molar refractivity (Wildman–Crippen MR) is 127 cm³/mol. The van der Waals surface area contributed by atoms with E-state index in [9.17, 15) is 9.59 Å². The van der Waals surface area contributed by atoms with Crippen LogP contribution in [0.1, 0.15) is 89.5 Å². The summed E-state index contributed by atoms with van der Waals surface area (Å²) in [6, 6.07) is 8.99. The summed E-state index contributed by atoms with van der Waals surface area (Å²) in [5, 5.41) is 5.61. The van der Waals surface area contributed by atoms with Crippen LogP contribution in [0.25, 0.3) is 0 Å². The van der Waals surface area contributed by atoms with Gasteiger partial charge in [0.25, 0.3) is 0 Å². The first-order valence-corrected chi connectivity index (χ1v) is 12.1. The Balaban J connectivity index is 1.92. The van der Waals surface area contributed by atoms with Crippen molar-refractivity contribution in [3.05, 3.63) is 35.9 Å². The lowest BCUT2D eigenvalue weighted by atomic mass is 10.1. The second-order valence-corrected chi connectivity index (χ2v) is 8.21. The Kier molecular flexibility index (Phi) is 16.2. The number of carbonyl (C=O) groups is 2. The van der Waals surface area contributed by atoms with Gasteiger partial charge in [0.05, 0.1) is 6.04 Å². The van der Waals surface area contributed by atoms with Crippen LogP contribution in [0.4, 0.5) is 4.79 Å². The van der Waals surface area contributed by atoms with Crippen molar-refractivity contribution < 1.29 is 14.3 Å². The number of alkyl carbamates (subject to hydrolysis) is 1. The molecule has 6 nitrogen and oxygen atoms in total. The van der Waals surface area contributed by atoms with Crippen molar-refractivity contribution in [2.75, 3.05) is 13.1 Å². The highest BCUT2D eigenvalue weighted by Crippen LogP contribution is 2.10. The average Bonchev–Trinajstić information content (AvgIpc) is 2.79. The average molecular weight is 434 g/mol. The molecule has 0 heterocycles. The van der Waals surface area contributed by atoms with E-state index in [0.29, 0.717) is 25.9 Å². The molecule has 6 heteroatoms. The van der Waals surface area contributed by atoms with Gasteiger partial charge in [-0.3, -0.25) is 4.79 Å². The lowest BCUT2D eigenvalue weighted by Crippen LogP contribution is -2.41. The first kappa shape index (κ1) is 27.0. The van der Waals surface area contributed by atoms with Gasteiger partial charge in [-0.15, -0.1) is 0 Å². The van der Waals surface area contributed by atoms with Gasteiger partial charge in [-0.2, -0.15) is 0 Å². The van der Waals surface area contributed by atoms with E-state index in [0.717, 1.165) is 18.4 Å². The Morgan fingerprint density at radius 2 is 1.42 bits per heavy atom. The van der Waals surface area contributed by atoms with Crippen LogP contribution < -0.4 is 16.4 Å². The summed E-state index contributed by atoms with van der Waals surface area (Å²) in [5.74, 6) is -0.109. The molecule has 0 aliphatic carbocycles. The summed E-state index contributed by atoms with van der Waals surface area (Å²) in [6.07, 6.45) is 13.5. The van der Waals surface area contributed by atoms with Crippen molar-refractivity contribution in [3.8, 4) is 0 Å². The zero-order valence-corrected chi connectivity index (χ0v) is 19.4. The van der Waals surface area contributed by atoms with Crippen LogP contribution in [0.5, 0.6) is 0 Å². The van der Waals surface area contributed by atoms with Crippen LogP contribution in [-0.2, 0) is 16.1 Å². The van der Waals surface area contributed by atoms with Crippen molar-refractivity contribution in [1.29, 1.82) is 0 Å². The molecule has 0 aliphatic heterocycles. The van der Waals surface area contributed by atoms with Gasteiger partial charge in [0.2, 0.25) is 5.91 Å². The van der Waals surface area contributed by atoms with Crippen LogP contribution in [0.2, 0.25) is 0 Å². The van der Waals surface area contributed by atoms with E-state index in [1.54, 1.807) is 0 Å². The van der Waals surface area contributed by atoms with Crippen molar-refractivity contribution >= 4 is 12.0 Å². The molecular weight excluding hydrogens is 390 g/mol. The normalized spacial score (nSPS) is 11.7. The lowest BCUT2D eigenvalue weighted by Gasteiger charge is -2.12. The van der Waals surface area contributed by atoms with Gasteiger partial charge >= 0.3 is 6.09 Å². The highest BCUT2D eigenvalue weighted by molar-refractivity contribution is 5.81. The number of benzene rings is 1. The van der Waals surface area contributed by atoms with Gasteiger partial charge in [-0.25, -0.2) is 4.79 Å². The first-order valence-electron chi connectivity index (χ1n) is 12.1. The molecule has 2 amide bonds. The molecule has 1 rings (SSSR count). The number of amides is 2. The quantitative estimate of drug-likeness (QED) is 0.282. The SMILES string of the molecule is CCCCCCCCCCCCNC(=O)C(N)CCCNC(=O)OCc1ccccc1. The van der Waals surface area contributed by atoms with E-state index >= 15 is 0 Å². The number of ether oxygens (including phenoxy) is 1. The highest BCUT2D eigenvalue weighted by atomic mass is 16.5. The number of rotatable bonds is 18. The van der Waals surface area contributed by atoms with E-state index in [-0.39, 0.29) is 12.5 Å². The van der Waals surface area contributed by atoms with Gasteiger partial charge in [0, 0.05) is 13.1 Å². The van der Waals surface area contributed by atoms with Gasteiger partial charge in [-0.1, -0.05) is 95.0 Å². The highest BCUT2D eigenvalue weighted by Gasteiger charge is 2.12. The molecule has 1 atom stereocenters. The van der Waals surface area contributed by atoms with E-state index in [1.165, 1.54) is 51.4 Å². The molecule has 1 aromatic carbocycles. The fraction of sp³-hybridized carbons (Fsp3) is 0.680. The summed E-state index contributed by atoms with van der Waals surface area (Å²) in [6.45, 7) is 3.61. The van der Waals surface area contributed by atoms with Crippen LogP contribution in [-0.4, -0.2) is 31.1 Å². The zero-order chi connectivity index (χ0) is 22.6. The third kappa shape index (κ3) is 15.4. The lowest BCUT2D eigenvalue weighted by molar-refractivity contribution is -0.122. The number of nitrogens with one attached hydrogen (secondary N) is 2. The molecule has 0 bridgehead atoms. The van der Waals surface area contributed by atoms with Crippen LogP contribution in [0, 0.1) is 0 Å². The minimum Gasteiger partial charge on any atom is -0.445 e. The predicted octanol–water partition coefficient (Wildman–Crippen LogP) is 5.06. The molecule has 0 aliphatic rings. The Hall–Kier alpha value is -2.08. The smallest absolute Gasteiger partial charge is 0.407 e. The fourth-order valence-electron chi connectivity index (χ4n) is 3.37. The zero-order valence-electron chi connectivity index (χ0n) is 19.4. The third-order valence-electron chi connectivity index (χ3n) is 5.34. The van der Waals surface area contributed by atoms with Crippen molar-refractivity contribution in [2.24, 2.45) is 5.73 Å². The largest absolute Gasteiger partial charge is 0.445 e. The summed E-state index contributed by atoms with van der Waals surface area (Å²) < 4.78 is 5.14. The number of hydrogen-bond donors (Lipinski definition) is 3. The molecule has 0 saturated carbocycles. The minimum atomic E-state index is -0.537. The van der Waals surface area contributed by atoms with Gasteiger partial charge in [-0.05, 0) is 24.8 Å². The monoisotopic (exact) mass is 433 g/mol. The van der Waals surface area contributed by atoms with Gasteiger partial charge in [0.15, 0.2) is 0 Å². The Labute approximate surface area is 188 Å². The molecule has 0 spiro atoms. The first-order chi connectivity index (χ1) is 15.1. The molecule has 1 unspecified atom stereocenters. The molecule has 0 fully saturated rings. The second kappa shape index (κ2) is 18.7. The third-order valence-corrected chi connectivity index (χ3v) is 5.34. The van der Waals surface area contributed by atoms with E-state index in [4.69, 9.17) is 10.5 Å². The van der Waals surface area contributed by atoms with Crippen LogP contribution in [0.15, 0.2) is 30.3 Å². The summed E-state index contributed by atoms with van der Waals surface area (Å²) in [7, 11) is 0. The maximum atomic E-state index is 12.0. The topological polar surface area (TPSA) is 93.5 Å². The number of carbonyl (C=O) groups excluding carboxylic acids is 2. The summed E-state index contributed by atoms with van der Waals surface area (Å²) >= 11 is 0. The summed E-state index contributed by atoms with van der Waals surface area (Å²) in [5.41, 5.74) is 6.89. The van der Waals surface area contributed by atoms with Crippen molar-refractivity contribution in [2.45, 2.75) is 96.6 Å². The van der Waals surface area contributed by atoms with Crippen molar-refractivity contribution in [1.82, 2.24) is 10.6 Å². The Morgan fingerprint density at radius 3 is 2.06 bits per heavy atom. The molecule has 0 radical (unpaired) electrons. The van der Waals surface area contributed by atoms with E-state index < -0.39 is 12.1 Å². The molecule has 176 valence electrons. The number of nitrogens with two attached hydrogens (primary N) is 1. The minimum absolute atomic E-state index is 0.109. The molecule has 31 heavy (non-hydrogen) atoms. The second-order valence-electron chi connectivity index (χ2n) is 8.21. The Morgan fingerprint density at radius 1 is 0.839 bits per heavy atom. The van der Waals surface area contributed by atoms with E-state index in [2.05, 4.69) is 17.6 Å². The molecular formula is C25H43N3O3. The maximum Gasteiger partial charge on any atom is 0.407 e. The molecule has 1 aromatic rings. The number of unbranched alkanes of at least 4 members (excludes halogenated alkanes) is 9. The van der Waals surface area contributed by atoms with Crippen LogP contribution in [0.3, 0.4) is 0 Å². The van der Waals surface area contributed by atoms with E-state index in [1.807, 2.05) is 30.3 Å². The van der Waals surface area contributed by atoms with Gasteiger partial charge < -0.3 is 21.1 Å².